The lowest BCUT2D eigenvalue weighted by Crippen LogP contribution is -2.50. The van der Waals surface area contributed by atoms with E-state index in [9.17, 15) is 26.4 Å². The molecule has 3 aromatic rings. The number of halogens is 3. The Morgan fingerprint density at radius 3 is 2.32 bits per heavy atom. The number of carbonyl (C=O) groups excluding carboxylic acids is 1. The van der Waals surface area contributed by atoms with E-state index in [0.29, 0.717) is 0 Å². The minimum absolute atomic E-state index is 0.0712. The van der Waals surface area contributed by atoms with Crippen molar-refractivity contribution >= 4 is 32.5 Å². The highest BCUT2D eigenvalue weighted by atomic mass is 32.2. The lowest BCUT2D eigenvalue weighted by atomic mass is 9.89. The molecule has 0 unspecified atom stereocenters. The van der Waals surface area contributed by atoms with Crippen LogP contribution < -0.4 is 5.32 Å². The van der Waals surface area contributed by atoms with Gasteiger partial charge in [-0.1, -0.05) is 42.5 Å². The molecule has 34 heavy (non-hydrogen) atoms. The molecule has 6 nitrogen and oxygen atoms in total. The average Bonchev–Trinajstić information content (AvgIpc) is 3.14. The molecular weight excluding hydrogens is 467 g/mol. The molecular formula is C24H20F3N3O3S. The van der Waals surface area contributed by atoms with E-state index in [1.165, 1.54) is 16.4 Å². The Kier molecular flexibility index (Phi) is 5.25. The van der Waals surface area contributed by atoms with Crippen molar-refractivity contribution in [3.05, 3.63) is 77.9 Å². The fourth-order valence-corrected chi connectivity index (χ4v) is 5.89. The van der Waals surface area contributed by atoms with Gasteiger partial charge in [-0.3, -0.25) is 9.79 Å². The van der Waals surface area contributed by atoms with Gasteiger partial charge < -0.3 is 5.32 Å². The van der Waals surface area contributed by atoms with E-state index in [2.05, 4.69) is 10.3 Å². The van der Waals surface area contributed by atoms with Gasteiger partial charge in [-0.05, 0) is 47.9 Å². The normalized spacial score (nSPS) is 18.8. The van der Waals surface area contributed by atoms with Gasteiger partial charge in [0.2, 0.25) is 10.0 Å². The number of benzene rings is 3. The number of hydrogen-bond donors (Lipinski definition) is 1. The predicted molar refractivity (Wildman–Crippen MR) is 121 cm³/mol. The number of sulfonamides is 1. The summed E-state index contributed by atoms with van der Waals surface area (Å²) in [6.45, 7) is 0.143. The van der Waals surface area contributed by atoms with Gasteiger partial charge in [-0.15, -0.1) is 0 Å². The van der Waals surface area contributed by atoms with Gasteiger partial charge >= 0.3 is 6.18 Å². The molecule has 1 spiro atoms. The van der Waals surface area contributed by atoms with Crippen LogP contribution in [0.4, 0.5) is 13.2 Å². The number of alkyl halides is 3. The minimum Gasteiger partial charge on any atom is -0.308 e. The summed E-state index contributed by atoms with van der Waals surface area (Å²) in [4.78, 5) is 17.4. The van der Waals surface area contributed by atoms with Crippen LogP contribution in [0, 0.1) is 0 Å². The minimum atomic E-state index is -4.51. The molecule has 5 rings (SSSR count). The SMILES string of the molecule is O=C1NC(c2cccc(C(F)(F)F)c2)=NC12CCN(S(=O)(=O)c1ccc3ccccc3c1)CC2. The number of nitrogens with zero attached hydrogens (tertiary/aromatic N) is 2. The van der Waals surface area contributed by atoms with Gasteiger partial charge in [0.1, 0.15) is 11.4 Å². The molecule has 2 aliphatic rings. The first kappa shape index (κ1) is 22.5. The van der Waals surface area contributed by atoms with Crippen molar-refractivity contribution in [2.45, 2.75) is 29.5 Å². The van der Waals surface area contributed by atoms with E-state index in [1.54, 1.807) is 18.2 Å². The fourth-order valence-electron chi connectivity index (χ4n) is 4.41. The van der Waals surface area contributed by atoms with E-state index in [-0.39, 0.29) is 42.2 Å². The van der Waals surface area contributed by atoms with Gasteiger partial charge in [0.05, 0.1) is 10.5 Å². The van der Waals surface area contributed by atoms with E-state index in [4.69, 9.17) is 0 Å². The van der Waals surface area contributed by atoms with Gasteiger partial charge in [-0.25, -0.2) is 8.42 Å². The Morgan fingerprint density at radius 2 is 1.62 bits per heavy atom. The van der Waals surface area contributed by atoms with Crippen molar-refractivity contribution < 1.29 is 26.4 Å². The molecule has 1 N–H and O–H groups in total. The first-order valence-electron chi connectivity index (χ1n) is 10.7. The third-order valence-electron chi connectivity index (χ3n) is 6.35. The van der Waals surface area contributed by atoms with E-state index in [1.807, 2.05) is 24.3 Å². The number of piperidine rings is 1. The van der Waals surface area contributed by atoms with Gasteiger partial charge in [-0.2, -0.15) is 17.5 Å². The van der Waals surface area contributed by atoms with Gasteiger partial charge in [0.25, 0.3) is 5.91 Å². The second-order valence-electron chi connectivity index (χ2n) is 8.44. The highest BCUT2D eigenvalue weighted by molar-refractivity contribution is 7.89. The number of amides is 1. The number of amidine groups is 1. The molecule has 10 heteroatoms. The van der Waals surface area contributed by atoms with Gasteiger partial charge in [0.15, 0.2) is 0 Å². The zero-order valence-electron chi connectivity index (χ0n) is 17.8. The highest BCUT2D eigenvalue weighted by Crippen LogP contribution is 2.35. The molecule has 0 saturated carbocycles. The Morgan fingerprint density at radius 1 is 0.912 bits per heavy atom. The molecule has 2 aliphatic heterocycles. The molecule has 1 amide bonds. The molecule has 0 atom stereocenters. The maximum absolute atomic E-state index is 13.2. The highest BCUT2D eigenvalue weighted by Gasteiger charge is 2.48. The van der Waals surface area contributed by atoms with Crippen LogP contribution in [0.25, 0.3) is 10.8 Å². The zero-order chi connectivity index (χ0) is 24.1. The summed E-state index contributed by atoms with van der Waals surface area (Å²) >= 11 is 0. The lowest BCUT2D eigenvalue weighted by Gasteiger charge is -2.34. The van der Waals surface area contributed by atoms with E-state index in [0.717, 1.165) is 22.9 Å². The number of carbonyl (C=O) groups is 1. The Hall–Kier alpha value is -3.24. The number of hydrogen-bond acceptors (Lipinski definition) is 4. The molecule has 1 saturated heterocycles. The molecule has 0 bridgehead atoms. The summed E-state index contributed by atoms with van der Waals surface area (Å²) in [5, 5.41) is 4.33. The summed E-state index contributed by atoms with van der Waals surface area (Å²) in [7, 11) is -3.78. The first-order chi connectivity index (χ1) is 16.1. The van der Waals surface area contributed by atoms with Crippen LogP contribution in [-0.4, -0.2) is 43.1 Å². The third-order valence-corrected chi connectivity index (χ3v) is 8.25. The summed E-state index contributed by atoms with van der Waals surface area (Å²) in [5.41, 5.74) is -1.87. The maximum Gasteiger partial charge on any atom is 0.416 e. The standard InChI is InChI=1S/C24H20F3N3O3S/c25-24(26,27)19-7-3-6-18(14-19)21-28-22(31)23(29-21)10-12-30(13-11-23)34(32,33)20-9-8-16-4-1-2-5-17(16)15-20/h1-9,14-15H,10-13H2,(H,28,29,31). The summed E-state index contributed by atoms with van der Waals surface area (Å²) in [5.74, 6) is -0.357. The van der Waals surface area contributed by atoms with E-state index >= 15 is 0 Å². The summed E-state index contributed by atoms with van der Waals surface area (Å²) < 4.78 is 67.0. The average molecular weight is 488 g/mol. The predicted octanol–water partition coefficient (Wildman–Crippen LogP) is 3.96. The van der Waals surface area contributed by atoms with Crippen LogP contribution in [0.1, 0.15) is 24.0 Å². The number of fused-ring (bicyclic) bond motifs is 1. The smallest absolute Gasteiger partial charge is 0.308 e. The van der Waals surface area contributed by atoms with Crippen molar-refractivity contribution in [1.29, 1.82) is 0 Å². The molecule has 0 radical (unpaired) electrons. The Bertz CT molecular complexity index is 1430. The number of aliphatic imine (C=N–C) groups is 1. The van der Waals surface area contributed by atoms with Crippen LogP contribution in [0.3, 0.4) is 0 Å². The van der Waals surface area contributed by atoms with Crippen LogP contribution >= 0.6 is 0 Å². The second-order valence-corrected chi connectivity index (χ2v) is 10.4. The van der Waals surface area contributed by atoms with Crippen LogP contribution in [0.2, 0.25) is 0 Å². The van der Waals surface area contributed by atoms with Crippen LogP contribution in [-0.2, 0) is 21.0 Å². The van der Waals surface area contributed by atoms with Crippen molar-refractivity contribution in [1.82, 2.24) is 9.62 Å². The fraction of sp³-hybridized carbons (Fsp3) is 0.250. The summed E-state index contributed by atoms with van der Waals surface area (Å²) in [6, 6.07) is 17.0. The number of nitrogens with one attached hydrogen (secondary N) is 1. The third kappa shape index (κ3) is 3.86. The quantitative estimate of drug-likeness (QED) is 0.608. The first-order valence-corrected chi connectivity index (χ1v) is 12.1. The largest absolute Gasteiger partial charge is 0.416 e. The molecule has 3 aromatic carbocycles. The topological polar surface area (TPSA) is 78.8 Å². The zero-order valence-corrected chi connectivity index (χ0v) is 18.7. The second kappa shape index (κ2) is 7.92. The van der Waals surface area contributed by atoms with Gasteiger partial charge in [0, 0.05) is 18.7 Å². The Labute approximate surface area is 194 Å². The molecule has 0 aliphatic carbocycles. The van der Waals surface area contributed by atoms with Crippen molar-refractivity contribution in [2.75, 3.05) is 13.1 Å². The van der Waals surface area contributed by atoms with Crippen LogP contribution in [0.15, 0.2) is 76.6 Å². The number of rotatable bonds is 3. The monoisotopic (exact) mass is 487 g/mol. The Balaban J connectivity index is 1.37. The van der Waals surface area contributed by atoms with Crippen molar-refractivity contribution in [3.63, 3.8) is 0 Å². The summed E-state index contributed by atoms with van der Waals surface area (Å²) in [6.07, 6.45) is -4.25. The molecule has 0 aromatic heterocycles. The molecule has 1 fully saturated rings. The van der Waals surface area contributed by atoms with E-state index < -0.39 is 33.2 Å². The molecule has 176 valence electrons. The van der Waals surface area contributed by atoms with Crippen LogP contribution in [0.5, 0.6) is 0 Å². The maximum atomic E-state index is 13.2. The lowest BCUT2D eigenvalue weighted by molar-refractivity contribution is -0.137. The van der Waals surface area contributed by atoms with Crippen molar-refractivity contribution in [2.24, 2.45) is 4.99 Å². The molecule has 2 heterocycles. The van der Waals surface area contributed by atoms with Crippen molar-refractivity contribution in [3.8, 4) is 0 Å².